The number of carbonyl (C=O) groups excluding carboxylic acids is 1. The fraction of sp³-hybridized carbons (Fsp3) is 0.583. The average molecular weight is 636 g/mol. The van der Waals surface area contributed by atoms with Crippen LogP contribution < -0.4 is 0 Å². The number of aryl methyl sites for hydroxylation is 1. The molecule has 6 aliphatic carbocycles. The Morgan fingerprint density at radius 2 is 1.66 bits per heavy atom. The minimum atomic E-state index is -3.61. The number of aliphatic hydroxyl groups excluding tert-OH is 1. The lowest BCUT2D eigenvalue weighted by atomic mass is 9.32. The zero-order valence-corrected chi connectivity index (χ0v) is 27.9. The van der Waals surface area contributed by atoms with Gasteiger partial charge in [-0.3, -0.25) is 4.79 Å². The van der Waals surface area contributed by atoms with E-state index in [9.17, 15) is 23.4 Å². The van der Waals surface area contributed by atoms with Gasteiger partial charge in [-0.15, -0.1) is 11.3 Å². The van der Waals surface area contributed by atoms with Crippen LogP contribution in [0.25, 0.3) is 0 Å². The lowest BCUT2D eigenvalue weighted by Crippen LogP contribution is -2.67. The van der Waals surface area contributed by atoms with Crippen LogP contribution >= 0.6 is 11.3 Å². The summed E-state index contributed by atoms with van der Waals surface area (Å²) in [6, 6.07) is 13.5. The molecule has 8 rings (SSSR count). The number of ketones is 1. The number of allylic oxidation sites excluding steroid dienone is 4. The van der Waals surface area contributed by atoms with Gasteiger partial charge < -0.3 is 10.2 Å². The van der Waals surface area contributed by atoms with E-state index >= 15 is 0 Å². The quantitative estimate of drug-likeness (QED) is 0.276. The second kappa shape index (κ2) is 9.95. The molecule has 3 saturated carbocycles. The van der Waals surface area contributed by atoms with Gasteiger partial charge >= 0.3 is 0 Å². The Morgan fingerprint density at radius 1 is 0.977 bits per heavy atom. The van der Waals surface area contributed by atoms with Gasteiger partial charge in [0.1, 0.15) is 0 Å². The van der Waals surface area contributed by atoms with Crippen molar-refractivity contribution in [1.29, 1.82) is 0 Å². The van der Waals surface area contributed by atoms with Crippen molar-refractivity contribution in [2.45, 2.75) is 84.0 Å². The third-order valence-electron chi connectivity index (χ3n) is 13.0. The Morgan fingerprint density at radius 3 is 2.34 bits per heavy atom. The number of fused-ring (bicyclic) bond motifs is 1. The summed E-state index contributed by atoms with van der Waals surface area (Å²) in [4.78, 5) is 16.4. The maximum atomic E-state index is 14.6. The fourth-order valence-electron chi connectivity index (χ4n) is 10.7. The summed E-state index contributed by atoms with van der Waals surface area (Å²) in [6.45, 7) is 6.80. The largest absolute Gasteiger partial charge is 0.393 e. The van der Waals surface area contributed by atoms with Gasteiger partial charge in [-0.25, -0.2) is 8.42 Å². The number of carbonyl (C=O) groups is 1. The van der Waals surface area contributed by atoms with E-state index in [1.54, 1.807) is 0 Å². The second-order valence-electron chi connectivity index (χ2n) is 15.1. The predicted molar refractivity (Wildman–Crippen MR) is 174 cm³/mol. The Kier molecular flexibility index (Phi) is 6.91. The summed E-state index contributed by atoms with van der Waals surface area (Å²) >= 11 is 1.53. The summed E-state index contributed by atoms with van der Waals surface area (Å²) in [5.74, 6) is 0.250. The molecule has 8 unspecified atom stereocenters. The van der Waals surface area contributed by atoms with Crippen molar-refractivity contribution >= 4 is 27.1 Å². The summed E-state index contributed by atoms with van der Waals surface area (Å²) < 4.78 is 27.7. The molecular formula is C36H45NO5S2. The molecule has 1 heterocycles. The van der Waals surface area contributed by atoms with Gasteiger partial charge in [0.25, 0.3) is 0 Å². The smallest absolute Gasteiger partial charge is 0.211 e. The molecule has 0 radical (unpaired) electrons. The van der Waals surface area contributed by atoms with E-state index in [1.165, 1.54) is 21.9 Å². The molecule has 6 nitrogen and oxygen atoms in total. The molecule has 3 fully saturated rings. The molecule has 1 aromatic heterocycles. The van der Waals surface area contributed by atoms with Gasteiger partial charge in [-0.05, 0) is 86.8 Å². The summed E-state index contributed by atoms with van der Waals surface area (Å²) in [7, 11) is -3.61. The number of rotatable bonds is 7. The van der Waals surface area contributed by atoms with Crippen molar-refractivity contribution in [2.75, 3.05) is 12.8 Å². The van der Waals surface area contributed by atoms with Crippen LogP contribution in [-0.4, -0.2) is 53.2 Å². The van der Waals surface area contributed by atoms with E-state index in [0.29, 0.717) is 12.8 Å². The number of thiophene rings is 1. The van der Waals surface area contributed by atoms with Gasteiger partial charge in [0.2, 0.25) is 10.0 Å². The lowest BCUT2D eigenvalue weighted by molar-refractivity contribution is -0.173. The molecular weight excluding hydrogens is 591 g/mol. The number of hydrogen-bond acceptors (Lipinski definition) is 6. The van der Waals surface area contributed by atoms with Crippen LogP contribution in [0.15, 0.2) is 66.3 Å². The van der Waals surface area contributed by atoms with Crippen molar-refractivity contribution in [2.24, 2.45) is 33.5 Å². The van der Waals surface area contributed by atoms with Crippen LogP contribution in [0, 0.1) is 40.4 Å². The monoisotopic (exact) mass is 635 g/mol. The highest BCUT2D eigenvalue weighted by Gasteiger charge is 2.74. The van der Waals surface area contributed by atoms with Gasteiger partial charge in [0, 0.05) is 39.8 Å². The lowest BCUT2D eigenvalue weighted by Gasteiger charge is -2.71. The number of benzene rings is 1. The van der Waals surface area contributed by atoms with Gasteiger partial charge in [-0.1, -0.05) is 62.4 Å². The van der Waals surface area contributed by atoms with Crippen molar-refractivity contribution in [3.63, 3.8) is 0 Å². The molecule has 6 aliphatic rings. The molecule has 1 aromatic carbocycles. The topological polar surface area (TPSA) is 94.9 Å². The minimum Gasteiger partial charge on any atom is -0.393 e. The van der Waals surface area contributed by atoms with Gasteiger partial charge in [-0.2, -0.15) is 4.31 Å². The number of Topliss-reactive ketones (excluding diaryl/α,β-unsaturated/α-hetero) is 1. The maximum absolute atomic E-state index is 14.6. The Balaban J connectivity index is 1.33. The first-order valence-corrected chi connectivity index (χ1v) is 18.8. The van der Waals surface area contributed by atoms with Gasteiger partial charge in [0.15, 0.2) is 5.78 Å². The van der Waals surface area contributed by atoms with E-state index in [1.807, 2.05) is 49.4 Å². The second-order valence-corrected chi connectivity index (χ2v) is 18.3. The standard InChI is InChI=1S/C36H45NO5S2/c1-24-10-11-28(43-24)31(39)27-21-34-18-19-36(27)29(32(34,2)15-12-26(38)20-34)13-16-33(3)30(36)14-17-35(33,40)23-37(44(4,41)42)22-25-8-6-5-7-9-25/h5-11,18-19,21,26,29-30,38,40H,12-17,20,22-23H2,1-4H3. The average Bonchev–Trinajstić information content (AvgIpc) is 3.52. The Labute approximate surface area is 265 Å². The summed E-state index contributed by atoms with van der Waals surface area (Å²) in [5.41, 5.74) is -1.16. The SMILES string of the molecule is Cc1ccc(C(=O)C2=CC34C=CC25C(CCC2(C)C5CCC2(O)CN(Cc2ccccc2)S(C)(=O)=O)C3(C)CCC(O)C4)s1. The molecule has 8 heteroatoms. The molecule has 0 saturated heterocycles. The highest BCUT2D eigenvalue weighted by atomic mass is 32.2. The first kappa shape index (κ1) is 30.5. The van der Waals surface area contributed by atoms with E-state index in [2.05, 4.69) is 32.1 Å². The molecule has 236 valence electrons. The molecule has 2 spiro atoms. The molecule has 0 aliphatic heterocycles. The first-order chi connectivity index (χ1) is 20.7. The Bertz CT molecular complexity index is 1660. The zero-order valence-electron chi connectivity index (χ0n) is 26.3. The van der Waals surface area contributed by atoms with Crippen molar-refractivity contribution < 1.29 is 23.4 Å². The molecule has 0 amide bonds. The Hall–Kier alpha value is -2.10. The van der Waals surface area contributed by atoms with Gasteiger partial charge in [0.05, 0.1) is 22.8 Å². The fourth-order valence-corrected chi connectivity index (χ4v) is 12.3. The minimum absolute atomic E-state index is 0.0219. The van der Waals surface area contributed by atoms with Crippen molar-refractivity contribution in [3.8, 4) is 0 Å². The van der Waals surface area contributed by atoms with Crippen LogP contribution in [0.2, 0.25) is 0 Å². The van der Waals surface area contributed by atoms with Crippen LogP contribution in [0.4, 0.5) is 0 Å². The highest BCUT2D eigenvalue weighted by molar-refractivity contribution is 7.88. The van der Waals surface area contributed by atoms with Crippen LogP contribution in [0.1, 0.15) is 78.9 Å². The van der Waals surface area contributed by atoms with Crippen LogP contribution in [0.5, 0.6) is 0 Å². The number of sulfonamides is 1. The van der Waals surface area contributed by atoms with Crippen molar-refractivity contribution in [1.82, 2.24) is 4.31 Å². The summed E-state index contributed by atoms with van der Waals surface area (Å²) in [5, 5.41) is 23.6. The van der Waals surface area contributed by atoms with Crippen LogP contribution in [-0.2, 0) is 16.6 Å². The summed E-state index contributed by atoms with van der Waals surface area (Å²) in [6.07, 6.45) is 12.8. The predicted octanol–water partition coefficient (Wildman–Crippen LogP) is 6.29. The first-order valence-electron chi connectivity index (χ1n) is 16.1. The molecule has 2 N–H and O–H groups in total. The normalized spacial score (nSPS) is 40.8. The third kappa shape index (κ3) is 4.13. The number of nitrogens with zero attached hydrogens (tertiary/aromatic N) is 1. The van der Waals surface area contributed by atoms with E-state index < -0.39 is 32.6 Å². The van der Waals surface area contributed by atoms with Crippen LogP contribution in [0.3, 0.4) is 0 Å². The van der Waals surface area contributed by atoms with Crippen molar-refractivity contribution in [3.05, 3.63) is 81.6 Å². The van der Waals surface area contributed by atoms with E-state index in [4.69, 9.17) is 0 Å². The molecule has 2 bridgehead atoms. The molecule has 8 atom stereocenters. The third-order valence-corrected chi connectivity index (χ3v) is 15.2. The number of hydrogen-bond donors (Lipinski definition) is 2. The zero-order chi connectivity index (χ0) is 31.3. The molecule has 2 aromatic rings. The maximum Gasteiger partial charge on any atom is 0.211 e. The van der Waals surface area contributed by atoms with E-state index in [-0.39, 0.29) is 41.5 Å². The number of aliphatic hydroxyl groups is 2. The highest BCUT2D eigenvalue weighted by Crippen LogP contribution is 2.78. The van der Waals surface area contributed by atoms with E-state index in [0.717, 1.165) is 53.0 Å². The molecule has 44 heavy (non-hydrogen) atoms.